The third kappa shape index (κ3) is 2.81. The third-order valence-electron chi connectivity index (χ3n) is 6.32. The summed E-state index contributed by atoms with van der Waals surface area (Å²) in [6.45, 7) is 2.00. The van der Waals surface area contributed by atoms with Gasteiger partial charge >= 0.3 is 5.97 Å². The molecule has 0 unspecified atom stereocenters. The molecule has 1 aliphatic heterocycles. The minimum Gasteiger partial charge on any atom is -0.489 e. The molecule has 1 heterocycles. The molecule has 4 rings (SSSR count). The maximum Gasteiger partial charge on any atom is 0.308 e. The van der Waals surface area contributed by atoms with E-state index in [9.17, 15) is 4.79 Å². The number of carbonyl (C=O) groups is 1. The lowest BCUT2D eigenvalue weighted by molar-refractivity contribution is -0.147. The minimum absolute atomic E-state index is 0.0334. The second-order valence-corrected chi connectivity index (χ2v) is 7.63. The number of aryl methyl sites for hydroxylation is 1. The lowest BCUT2D eigenvalue weighted by Gasteiger charge is -2.37. The molecule has 24 heavy (non-hydrogen) atoms. The van der Waals surface area contributed by atoms with Crippen molar-refractivity contribution in [1.29, 1.82) is 0 Å². The molecule has 0 bridgehead atoms. The predicted molar refractivity (Wildman–Crippen MR) is 92.3 cm³/mol. The van der Waals surface area contributed by atoms with E-state index in [4.69, 9.17) is 9.47 Å². The Kier molecular flexibility index (Phi) is 4.25. The fourth-order valence-electron chi connectivity index (χ4n) is 4.86. The van der Waals surface area contributed by atoms with E-state index >= 15 is 0 Å². The van der Waals surface area contributed by atoms with E-state index in [1.54, 1.807) is 0 Å². The first kappa shape index (κ1) is 15.9. The summed E-state index contributed by atoms with van der Waals surface area (Å²) >= 11 is 0. The highest BCUT2D eigenvalue weighted by Gasteiger charge is 2.43. The van der Waals surface area contributed by atoms with Crippen LogP contribution in [0.4, 0.5) is 0 Å². The van der Waals surface area contributed by atoms with Crippen molar-refractivity contribution >= 4 is 5.97 Å². The molecular weight excluding hydrogens is 302 g/mol. The first-order chi connectivity index (χ1) is 11.7. The zero-order chi connectivity index (χ0) is 16.6. The maximum absolute atomic E-state index is 11.8. The molecule has 1 aromatic carbocycles. The topological polar surface area (TPSA) is 47.6 Å². The van der Waals surface area contributed by atoms with Crippen LogP contribution in [0.1, 0.15) is 49.7 Å². The second-order valence-electron chi connectivity index (χ2n) is 7.63. The fourth-order valence-corrected chi connectivity index (χ4v) is 4.86. The summed E-state index contributed by atoms with van der Waals surface area (Å²) in [5, 5.41) is 3.35. The van der Waals surface area contributed by atoms with E-state index in [0.29, 0.717) is 6.10 Å². The predicted octanol–water partition coefficient (Wildman–Crippen LogP) is 2.97. The number of carbonyl (C=O) groups excluding carboxylic acids is 1. The normalized spacial score (nSPS) is 31.9. The van der Waals surface area contributed by atoms with Gasteiger partial charge in [0.1, 0.15) is 11.9 Å². The van der Waals surface area contributed by atoms with Gasteiger partial charge in [-0.15, -0.1) is 0 Å². The molecule has 1 aromatic rings. The number of nitrogens with one attached hydrogen (secondary N) is 1. The molecule has 2 aliphatic carbocycles. The highest BCUT2D eigenvalue weighted by molar-refractivity contribution is 5.72. The van der Waals surface area contributed by atoms with Gasteiger partial charge in [-0.3, -0.25) is 4.79 Å². The van der Waals surface area contributed by atoms with Crippen molar-refractivity contribution in [3.63, 3.8) is 0 Å². The number of ether oxygens (including phenoxy) is 2. The van der Waals surface area contributed by atoms with Crippen LogP contribution < -0.4 is 10.1 Å². The number of benzene rings is 1. The maximum atomic E-state index is 11.8. The SMILES string of the molecule is COC(=O)C1CCC2(CCc3ccc(O[C@@H]4CCNC4)cc32)CC1. The van der Waals surface area contributed by atoms with E-state index < -0.39 is 0 Å². The van der Waals surface area contributed by atoms with Crippen molar-refractivity contribution in [1.82, 2.24) is 5.32 Å². The summed E-state index contributed by atoms with van der Waals surface area (Å²) in [6.07, 6.45) is 7.84. The molecule has 1 saturated carbocycles. The van der Waals surface area contributed by atoms with E-state index in [2.05, 4.69) is 23.5 Å². The van der Waals surface area contributed by atoms with E-state index in [1.165, 1.54) is 24.7 Å². The lowest BCUT2D eigenvalue weighted by atomic mass is 9.67. The van der Waals surface area contributed by atoms with Gasteiger partial charge in [0, 0.05) is 6.54 Å². The van der Waals surface area contributed by atoms with Crippen molar-refractivity contribution < 1.29 is 14.3 Å². The molecule has 2 fully saturated rings. The molecule has 4 nitrogen and oxygen atoms in total. The summed E-state index contributed by atoms with van der Waals surface area (Å²) in [4.78, 5) is 11.8. The molecular formula is C20H27NO3. The molecule has 4 heteroatoms. The van der Waals surface area contributed by atoms with Crippen molar-refractivity contribution in [3.8, 4) is 5.75 Å². The Morgan fingerprint density at radius 1 is 1.21 bits per heavy atom. The van der Waals surface area contributed by atoms with Gasteiger partial charge in [-0.2, -0.15) is 0 Å². The quantitative estimate of drug-likeness (QED) is 0.866. The zero-order valence-electron chi connectivity index (χ0n) is 14.5. The number of rotatable bonds is 3. The smallest absolute Gasteiger partial charge is 0.308 e. The van der Waals surface area contributed by atoms with Crippen LogP contribution in [0.25, 0.3) is 0 Å². The first-order valence-electron chi connectivity index (χ1n) is 9.29. The van der Waals surface area contributed by atoms with Crippen LogP contribution in [-0.4, -0.2) is 32.3 Å². The number of hydrogen-bond donors (Lipinski definition) is 1. The largest absolute Gasteiger partial charge is 0.489 e. The fraction of sp³-hybridized carbons (Fsp3) is 0.650. The van der Waals surface area contributed by atoms with Crippen LogP contribution >= 0.6 is 0 Å². The Hall–Kier alpha value is -1.55. The van der Waals surface area contributed by atoms with Crippen molar-refractivity contribution in [2.75, 3.05) is 20.2 Å². The molecule has 1 atom stereocenters. The summed E-state index contributed by atoms with van der Waals surface area (Å²) in [5.74, 6) is 1.07. The lowest BCUT2D eigenvalue weighted by Crippen LogP contribution is -2.32. The van der Waals surface area contributed by atoms with Gasteiger partial charge in [-0.25, -0.2) is 0 Å². The Morgan fingerprint density at radius 3 is 2.75 bits per heavy atom. The average molecular weight is 329 g/mol. The standard InChI is InChI=1S/C20H27NO3/c1-23-19(22)15-5-9-20(10-6-15)8-4-14-2-3-16(12-18(14)20)24-17-7-11-21-13-17/h2-3,12,15,17,21H,4-11,13H2,1H3/t15?,17-,20?/m1/s1. The van der Waals surface area contributed by atoms with E-state index in [-0.39, 0.29) is 17.3 Å². The van der Waals surface area contributed by atoms with Crippen molar-refractivity contribution in [3.05, 3.63) is 29.3 Å². The molecule has 0 amide bonds. The van der Waals surface area contributed by atoms with E-state index in [0.717, 1.165) is 57.4 Å². The van der Waals surface area contributed by atoms with E-state index in [1.807, 2.05) is 0 Å². The number of fused-ring (bicyclic) bond motifs is 2. The highest BCUT2D eigenvalue weighted by atomic mass is 16.5. The van der Waals surface area contributed by atoms with Crippen LogP contribution in [0.2, 0.25) is 0 Å². The van der Waals surface area contributed by atoms with Gasteiger partial charge in [0.25, 0.3) is 0 Å². The van der Waals surface area contributed by atoms with Gasteiger partial charge in [0.05, 0.1) is 13.0 Å². The molecule has 3 aliphatic rings. The van der Waals surface area contributed by atoms with Crippen LogP contribution in [0.15, 0.2) is 18.2 Å². The molecule has 1 spiro atoms. The number of hydrogen-bond acceptors (Lipinski definition) is 4. The summed E-state index contributed by atoms with van der Waals surface area (Å²) < 4.78 is 11.1. The number of esters is 1. The molecule has 1 N–H and O–H groups in total. The Labute approximate surface area is 143 Å². The highest BCUT2D eigenvalue weighted by Crippen LogP contribution is 2.50. The zero-order valence-corrected chi connectivity index (χ0v) is 14.5. The van der Waals surface area contributed by atoms with Gasteiger partial charge in [0.2, 0.25) is 0 Å². The summed E-state index contributed by atoms with van der Waals surface area (Å²) in [5.41, 5.74) is 3.21. The average Bonchev–Trinajstić information content (AvgIpc) is 3.24. The van der Waals surface area contributed by atoms with Gasteiger partial charge in [-0.1, -0.05) is 6.07 Å². The number of methoxy groups -OCH3 is 1. The molecule has 0 aromatic heterocycles. The molecule has 130 valence electrons. The Bertz CT molecular complexity index is 613. The van der Waals surface area contributed by atoms with Gasteiger partial charge in [0.15, 0.2) is 0 Å². The van der Waals surface area contributed by atoms with Gasteiger partial charge in [-0.05, 0) is 80.2 Å². The molecule has 1 saturated heterocycles. The Morgan fingerprint density at radius 2 is 2.04 bits per heavy atom. The first-order valence-corrected chi connectivity index (χ1v) is 9.29. The summed E-state index contributed by atoms with van der Waals surface area (Å²) in [6, 6.07) is 6.68. The van der Waals surface area contributed by atoms with Crippen molar-refractivity contribution in [2.24, 2.45) is 5.92 Å². The van der Waals surface area contributed by atoms with Crippen LogP contribution in [0.3, 0.4) is 0 Å². The molecule has 0 radical (unpaired) electrons. The van der Waals surface area contributed by atoms with Crippen LogP contribution in [0, 0.1) is 5.92 Å². The van der Waals surface area contributed by atoms with Crippen LogP contribution in [-0.2, 0) is 21.4 Å². The van der Waals surface area contributed by atoms with Crippen LogP contribution in [0.5, 0.6) is 5.75 Å². The van der Waals surface area contributed by atoms with Gasteiger partial charge < -0.3 is 14.8 Å². The minimum atomic E-state index is -0.0334. The second kappa shape index (κ2) is 6.40. The third-order valence-corrected chi connectivity index (χ3v) is 6.32. The van der Waals surface area contributed by atoms with Crippen molar-refractivity contribution in [2.45, 2.75) is 56.5 Å². The monoisotopic (exact) mass is 329 g/mol. The Balaban J connectivity index is 1.51. The summed E-state index contributed by atoms with van der Waals surface area (Å²) in [7, 11) is 1.50.